The number of aromatic hydroxyl groups is 1. The number of carbonyl (C=O) groups excluding carboxylic acids is 1. The molecule has 0 spiro atoms. The van der Waals surface area contributed by atoms with Gasteiger partial charge in [0, 0.05) is 42.3 Å². The predicted octanol–water partition coefficient (Wildman–Crippen LogP) is 3.29. The molecule has 3 aromatic rings. The number of allylic oxidation sites excluding steroid dienone is 1. The first-order valence-corrected chi connectivity index (χ1v) is 9.99. The number of phenols is 1. The monoisotopic (exact) mass is 389 g/mol. The molecule has 1 aromatic heterocycles. The number of hydrogen-bond donors (Lipinski definition) is 3. The summed E-state index contributed by atoms with van der Waals surface area (Å²) in [5, 5.41) is 14.9. The van der Waals surface area contributed by atoms with E-state index in [0.29, 0.717) is 23.4 Å². The molecule has 6 heteroatoms. The molecule has 0 atom stereocenters. The molecular formula is C23H23N3O3. The summed E-state index contributed by atoms with van der Waals surface area (Å²) < 4.78 is 6.02. The highest BCUT2D eigenvalue weighted by Gasteiger charge is 2.32. The maximum absolute atomic E-state index is 13.0. The predicted molar refractivity (Wildman–Crippen MR) is 112 cm³/mol. The first-order valence-electron chi connectivity index (χ1n) is 9.99. The molecule has 148 valence electrons. The molecule has 0 amide bonds. The molecule has 6 nitrogen and oxygen atoms in total. The zero-order chi connectivity index (χ0) is 19.8. The van der Waals surface area contributed by atoms with Gasteiger partial charge < -0.3 is 20.1 Å². The standard InChI is InChI=1S/C23H23N3O3/c27-20-7-6-17-22(28)21(12-15-13-25-19-5-2-1-4-16(15)19)29-23(17)18(20)14-26-10-3-8-24-9-11-26/h1-2,4-7,12-13,24-25,27H,3,8-11,14H2. The van der Waals surface area contributed by atoms with Crippen LogP contribution in [0, 0.1) is 0 Å². The van der Waals surface area contributed by atoms with Crippen molar-refractivity contribution < 1.29 is 14.6 Å². The van der Waals surface area contributed by atoms with E-state index in [4.69, 9.17) is 4.74 Å². The van der Waals surface area contributed by atoms with Gasteiger partial charge in [0.25, 0.3) is 0 Å². The van der Waals surface area contributed by atoms with E-state index in [2.05, 4.69) is 15.2 Å². The lowest BCUT2D eigenvalue weighted by Crippen LogP contribution is -2.27. The summed E-state index contributed by atoms with van der Waals surface area (Å²) in [4.78, 5) is 18.5. The zero-order valence-electron chi connectivity index (χ0n) is 16.1. The molecule has 2 aromatic carbocycles. The SMILES string of the molecule is O=C1C(=Cc2c[nH]c3ccccc23)Oc2c1ccc(O)c2CN1CCCNCC1. The minimum absolute atomic E-state index is 0.149. The minimum atomic E-state index is -0.149. The van der Waals surface area contributed by atoms with Crippen LogP contribution in [0.25, 0.3) is 17.0 Å². The summed E-state index contributed by atoms with van der Waals surface area (Å²) in [7, 11) is 0. The van der Waals surface area contributed by atoms with Crippen LogP contribution in [-0.2, 0) is 6.54 Å². The van der Waals surface area contributed by atoms with Gasteiger partial charge in [0.15, 0.2) is 5.76 Å². The molecule has 29 heavy (non-hydrogen) atoms. The van der Waals surface area contributed by atoms with Crippen molar-refractivity contribution in [1.82, 2.24) is 15.2 Å². The first-order chi connectivity index (χ1) is 14.2. The Morgan fingerprint density at radius 3 is 2.97 bits per heavy atom. The fourth-order valence-corrected chi connectivity index (χ4v) is 4.09. The highest BCUT2D eigenvalue weighted by atomic mass is 16.5. The maximum Gasteiger partial charge on any atom is 0.231 e. The summed E-state index contributed by atoms with van der Waals surface area (Å²) in [6.07, 6.45) is 4.71. The van der Waals surface area contributed by atoms with Crippen molar-refractivity contribution in [3.8, 4) is 11.5 Å². The molecule has 0 saturated carbocycles. The average molecular weight is 389 g/mol. The molecular weight excluding hydrogens is 366 g/mol. The van der Waals surface area contributed by atoms with Gasteiger partial charge in [-0.15, -0.1) is 0 Å². The number of benzene rings is 2. The molecule has 1 saturated heterocycles. The van der Waals surface area contributed by atoms with Crippen LogP contribution in [0.3, 0.4) is 0 Å². The Hall–Kier alpha value is -3.09. The second-order valence-corrected chi connectivity index (χ2v) is 7.55. The fraction of sp³-hybridized carbons (Fsp3) is 0.261. The van der Waals surface area contributed by atoms with E-state index in [9.17, 15) is 9.90 Å². The van der Waals surface area contributed by atoms with Gasteiger partial charge in [-0.2, -0.15) is 0 Å². The van der Waals surface area contributed by atoms with E-state index >= 15 is 0 Å². The molecule has 0 bridgehead atoms. The highest BCUT2D eigenvalue weighted by Crippen LogP contribution is 2.40. The van der Waals surface area contributed by atoms with Gasteiger partial charge in [0.05, 0.1) is 11.1 Å². The number of rotatable bonds is 3. The van der Waals surface area contributed by atoms with E-state index in [1.165, 1.54) is 0 Å². The molecule has 0 radical (unpaired) electrons. The molecule has 2 aliphatic heterocycles. The second kappa shape index (κ2) is 7.39. The number of Topliss-reactive ketones (excluding diaryl/α,β-unsaturated/α-hetero) is 1. The molecule has 0 aliphatic carbocycles. The van der Waals surface area contributed by atoms with E-state index < -0.39 is 0 Å². The lowest BCUT2D eigenvalue weighted by molar-refractivity contribution is 0.101. The number of carbonyl (C=O) groups is 1. The number of hydrogen-bond acceptors (Lipinski definition) is 5. The number of ether oxygens (including phenoxy) is 1. The number of H-pyrrole nitrogens is 1. The Balaban J connectivity index is 1.48. The van der Waals surface area contributed by atoms with Gasteiger partial charge in [-0.05, 0) is 43.8 Å². The van der Waals surface area contributed by atoms with Gasteiger partial charge in [-0.25, -0.2) is 0 Å². The van der Waals surface area contributed by atoms with Crippen molar-refractivity contribution in [2.24, 2.45) is 0 Å². The minimum Gasteiger partial charge on any atom is -0.507 e. The molecule has 0 unspecified atom stereocenters. The third-order valence-corrected chi connectivity index (χ3v) is 5.64. The molecule has 3 heterocycles. The Labute approximate surface area is 168 Å². The van der Waals surface area contributed by atoms with Crippen LogP contribution in [0.5, 0.6) is 11.5 Å². The van der Waals surface area contributed by atoms with E-state index in [0.717, 1.165) is 49.1 Å². The van der Waals surface area contributed by atoms with Gasteiger partial charge in [-0.1, -0.05) is 18.2 Å². The van der Waals surface area contributed by atoms with Crippen LogP contribution in [0.4, 0.5) is 0 Å². The van der Waals surface area contributed by atoms with Crippen molar-refractivity contribution in [2.75, 3.05) is 26.2 Å². The lowest BCUT2D eigenvalue weighted by atomic mass is 10.0. The van der Waals surface area contributed by atoms with Crippen molar-refractivity contribution in [3.05, 3.63) is 65.0 Å². The Morgan fingerprint density at radius 2 is 2.03 bits per heavy atom. The zero-order valence-corrected chi connectivity index (χ0v) is 16.1. The normalized spacial score (nSPS) is 18.8. The summed E-state index contributed by atoms with van der Waals surface area (Å²) in [5.41, 5.74) is 3.11. The number of phenolic OH excluding ortho intramolecular Hbond substituents is 1. The number of aromatic amines is 1. The quantitative estimate of drug-likeness (QED) is 0.599. The molecule has 3 N–H and O–H groups in total. The van der Waals surface area contributed by atoms with Crippen LogP contribution in [0.15, 0.2) is 48.4 Å². The highest BCUT2D eigenvalue weighted by molar-refractivity contribution is 6.15. The fourth-order valence-electron chi connectivity index (χ4n) is 4.09. The van der Waals surface area contributed by atoms with Gasteiger partial charge in [-0.3, -0.25) is 9.69 Å². The first kappa shape index (κ1) is 18.0. The third kappa shape index (κ3) is 3.30. The number of fused-ring (bicyclic) bond motifs is 2. The number of nitrogens with zero attached hydrogens (tertiary/aromatic N) is 1. The topological polar surface area (TPSA) is 77.6 Å². The van der Waals surface area contributed by atoms with Crippen LogP contribution in [-0.4, -0.2) is 47.0 Å². The van der Waals surface area contributed by atoms with Crippen molar-refractivity contribution >= 4 is 22.8 Å². The second-order valence-electron chi connectivity index (χ2n) is 7.55. The lowest BCUT2D eigenvalue weighted by Gasteiger charge is -2.21. The average Bonchev–Trinajstić information content (AvgIpc) is 3.15. The Morgan fingerprint density at radius 1 is 1.14 bits per heavy atom. The number of ketones is 1. The van der Waals surface area contributed by atoms with Crippen molar-refractivity contribution in [3.63, 3.8) is 0 Å². The third-order valence-electron chi connectivity index (χ3n) is 5.64. The number of aromatic nitrogens is 1. The maximum atomic E-state index is 13.0. The Kier molecular flexibility index (Phi) is 4.58. The molecule has 5 rings (SSSR count). The largest absolute Gasteiger partial charge is 0.507 e. The van der Waals surface area contributed by atoms with Crippen LogP contribution < -0.4 is 10.1 Å². The number of para-hydroxylation sites is 1. The van der Waals surface area contributed by atoms with Gasteiger partial charge in [0.2, 0.25) is 5.78 Å². The van der Waals surface area contributed by atoms with Crippen molar-refractivity contribution in [2.45, 2.75) is 13.0 Å². The van der Waals surface area contributed by atoms with E-state index in [-0.39, 0.29) is 17.3 Å². The molecule has 2 aliphatic rings. The summed E-state index contributed by atoms with van der Waals surface area (Å²) >= 11 is 0. The van der Waals surface area contributed by atoms with Gasteiger partial charge in [0.1, 0.15) is 11.5 Å². The number of nitrogens with one attached hydrogen (secondary N) is 2. The smallest absolute Gasteiger partial charge is 0.231 e. The summed E-state index contributed by atoms with van der Waals surface area (Å²) in [5.74, 6) is 0.790. The van der Waals surface area contributed by atoms with Crippen LogP contribution >= 0.6 is 0 Å². The van der Waals surface area contributed by atoms with Crippen LogP contribution in [0.2, 0.25) is 0 Å². The summed E-state index contributed by atoms with van der Waals surface area (Å²) in [6, 6.07) is 11.2. The van der Waals surface area contributed by atoms with E-state index in [1.54, 1.807) is 18.2 Å². The molecule has 1 fully saturated rings. The van der Waals surface area contributed by atoms with Gasteiger partial charge >= 0.3 is 0 Å². The van der Waals surface area contributed by atoms with E-state index in [1.807, 2.05) is 30.5 Å². The van der Waals surface area contributed by atoms with Crippen molar-refractivity contribution in [1.29, 1.82) is 0 Å². The Bertz CT molecular complexity index is 1110. The van der Waals surface area contributed by atoms with Crippen LogP contribution in [0.1, 0.15) is 27.9 Å². The summed E-state index contributed by atoms with van der Waals surface area (Å²) in [6.45, 7) is 4.32.